The Kier molecular flexibility index (Phi) is 6.10. The number of para-hydroxylation sites is 1. The molecule has 6 heteroatoms. The van der Waals surface area contributed by atoms with Gasteiger partial charge < -0.3 is 19.5 Å². The number of nitrogens with one attached hydrogen (secondary N) is 1. The second-order valence-corrected chi connectivity index (χ2v) is 5.96. The quantitative estimate of drug-likeness (QED) is 0.473. The second kappa shape index (κ2) is 8.89. The van der Waals surface area contributed by atoms with Crippen molar-refractivity contribution in [1.29, 1.82) is 0 Å². The van der Waals surface area contributed by atoms with Crippen LogP contribution in [0, 0.1) is 12.3 Å². The fourth-order valence-electron chi connectivity index (χ4n) is 2.82. The summed E-state index contributed by atoms with van der Waals surface area (Å²) in [6.07, 6.45) is 6.34. The SMILES string of the molecule is C#CCNCC1OC(=O)C=CC(=O)OC1(Oc1ccccc1)c1ccccc1. The highest BCUT2D eigenvalue weighted by atomic mass is 16.7. The lowest BCUT2D eigenvalue weighted by Crippen LogP contribution is -2.54. The lowest BCUT2D eigenvalue weighted by atomic mass is 9.98. The third-order valence-electron chi connectivity index (χ3n) is 4.04. The molecule has 142 valence electrons. The van der Waals surface area contributed by atoms with E-state index < -0.39 is 23.8 Å². The van der Waals surface area contributed by atoms with Crippen molar-refractivity contribution >= 4 is 11.9 Å². The Bertz CT molecular complexity index is 888. The normalized spacial score (nSPS) is 21.6. The third-order valence-corrected chi connectivity index (χ3v) is 4.04. The molecular weight excluding hydrogens is 358 g/mol. The summed E-state index contributed by atoms with van der Waals surface area (Å²) in [6, 6.07) is 17.7. The van der Waals surface area contributed by atoms with Crippen LogP contribution in [0.5, 0.6) is 5.75 Å². The number of hydrogen-bond acceptors (Lipinski definition) is 6. The van der Waals surface area contributed by atoms with Crippen LogP contribution in [0.4, 0.5) is 0 Å². The summed E-state index contributed by atoms with van der Waals surface area (Å²) < 4.78 is 17.5. The van der Waals surface area contributed by atoms with E-state index in [0.29, 0.717) is 11.3 Å². The Labute approximate surface area is 163 Å². The molecule has 2 aromatic rings. The molecule has 0 bridgehead atoms. The standard InChI is InChI=1S/C22H19NO5/c1-2-15-23-16-19-22(17-9-5-3-6-10-17,27-18-11-7-4-8-12-18)28-21(25)14-13-20(24)26-19/h1,3-14,19,23H,15-16H2. The fourth-order valence-corrected chi connectivity index (χ4v) is 2.82. The lowest BCUT2D eigenvalue weighted by molar-refractivity contribution is -0.244. The van der Waals surface area contributed by atoms with Gasteiger partial charge >= 0.3 is 17.7 Å². The highest BCUT2D eigenvalue weighted by molar-refractivity contribution is 5.92. The van der Waals surface area contributed by atoms with E-state index in [2.05, 4.69) is 11.2 Å². The predicted octanol–water partition coefficient (Wildman–Crippen LogP) is 2.17. The third kappa shape index (κ3) is 4.40. The first-order chi connectivity index (χ1) is 13.6. The molecule has 0 fully saturated rings. The molecule has 0 amide bonds. The van der Waals surface area contributed by atoms with Gasteiger partial charge in [0.25, 0.3) is 0 Å². The van der Waals surface area contributed by atoms with Crippen LogP contribution in [0.1, 0.15) is 5.56 Å². The number of ether oxygens (including phenoxy) is 3. The monoisotopic (exact) mass is 377 g/mol. The van der Waals surface area contributed by atoms with Gasteiger partial charge in [0, 0.05) is 24.3 Å². The molecule has 1 aliphatic heterocycles. The molecule has 0 spiro atoms. The van der Waals surface area contributed by atoms with Crippen molar-refractivity contribution in [2.45, 2.75) is 11.9 Å². The molecule has 2 atom stereocenters. The van der Waals surface area contributed by atoms with Gasteiger partial charge in [-0.1, -0.05) is 54.5 Å². The molecule has 0 saturated carbocycles. The first-order valence-electron chi connectivity index (χ1n) is 8.69. The van der Waals surface area contributed by atoms with Gasteiger partial charge in [-0.25, -0.2) is 9.59 Å². The average Bonchev–Trinajstić information content (AvgIpc) is 2.72. The molecule has 6 nitrogen and oxygen atoms in total. The highest BCUT2D eigenvalue weighted by Crippen LogP contribution is 2.36. The first kappa shape index (κ1) is 19.2. The van der Waals surface area contributed by atoms with Crippen molar-refractivity contribution < 1.29 is 23.8 Å². The summed E-state index contributed by atoms with van der Waals surface area (Å²) in [7, 11) is 0. The van der Waals surface area contributed by atoms with Crippen LogP contribution < -0.4 is 10.1 Å². The zero-order chi connectivity index (χ0) is 19.8. The van der Waals surface area contributed by atoms with Crippen molar-refractivity contribution in [2.24, 2.45) is 0 Å². The van der Waals surface area contributed by atoms with Crippen LogP contribution in [-0.2, 0) is 24.8 Å². The number of carbonyl (C=O) groups is 2. The average molecular weight is 377 g/mol. The van der Waals surface area contributed by atoms with E-state index in [1.807, 2.05) is 12.1 Å². The molecular formula is C22H19NO5. The maximum Gasteiger partial charge on any atom is 0.334 e. The van der Waals surface area contributed by atoms with E-state index in [1.54, 1.807) is 48.5 Å². The molecule has 1 N–H and O–H groups in total. The van der Waals surface area contributed by atoms with Crippen LogP contribution in [0.2, 0.25) is 0 Å². The van der Waals surface area contributed by atoms with Crippen molar-refractivity contribution in [2.75, 3.05) is 13.1 Å². The van der Waals surface area contributed by atoms with Gasteiger partial charge in [0.2, 0.25) is 0 Å². The number of rotatable bonds is 6. The molecule has 1 aliphatic rings. The van der Waals surface area contributed by atoms with Gasteiger partial charge in [-0.05, 0) is 12.1 Å². The molecule has 2 aromatic carbocycles. The summed E-state index contributed by atoms with van der Waals surface area (Å²) in [5.74, 6) is -0.206. The van der Waals surface area contributed by atoms with Crippen LogP contribution in [0.25, 0.3) is 0 Å². The van der Waals surface area contributed by atoms with Gasteiger partial charge in [-0.3, -0.25) is 0 Å². The summed E-state index contributed by atoms with van der Waals surface area (Å²) in [4.78, 5) is 24.5. The number of esters is 2. The van der Waals surface area contributed by atoms with E-state index in [-0.39, 0.29) is 13.1 Å². The Hall–Kier alpha value is -3.56. The molecule has 0 radical (unpaired) electrons. The predicted molar refractivity (Wildman–Crippen MR) is 102 cm³/mol. The Balaban J connectivity index is 2.11. The molecule has 2 unspecified atom stereocenters. The zero-order valence-electron chi connectivity index (χ0n) is 15.0. The van der Waals surface area contributed by atoms with E-state index >= 15 is 0 Å². The Morgan fingerprint density at radius 2 is 1.64 bits per heavy atom. The van der Waals surface area contributed by atoms with Crippen molar-refractivity contribution in [3.05, 3.63) is 78.4 Å². The molecule has 0 aliphatic carbocycles. The van der Waals surface area contributed by atoms with Crippen molar-refractivity contribution in [1.82, 2.24) is 5.32 Å². The van der Waals surface area contributed by atoms with Crippen LogP contribution in [0.3, 0.4) is 0 Å². The molecule has 3 rings (SSSR count). The molecule has 0 saturated heterocycles. The minimum atomic E-state index is -1.71. The minimum absolute atomic E-state index is 0.110. The van der Waals surface area contributed by atoms with Crippen molar-refractivity contribution in [3.63, 3.8) is 0 Å². The first-order valence-corrected chi connectivity index (χ1v) is 8.69. The van der Waals surface area contributed by atoms with Gasteiger partial charge in [-0.15, -0.1) is 6.42 Å². The fraction of sp³-hybridized carbons (Fsp3) is 0.182. The van der Waals surface area contributed by atoms with Crippen molar-refractivity contribution in [3.8, 4) is 18.1 Å². The molecule has 28 heavy (non-hydrogen) atoms. The van der Waals surface area contributed by atoms with Crippen LogP contribution in [0.15, 0.2) is 72.8 Å². The van der Waals surface area contributed by atoms with Gasteiger partial charge in [0.1, 0.15) is 5.75 Å². The topological polar surface area (TPSA) is 73.9 Å². The number of carbonyl (C=O) groups excluding carboxylic acids is 2. The minimum Gasteiger partial charge on any atom is -0.449 e. The summed E-state index contributed by atoms with van der Waals surface area (Å²) in [5.41, 5.74) is 0.516. The van der Waals surface area contributed by atoms with E-state index in [1.165, 1.54) is 0 Å². The largest absolute Gasteiger partial charge is 0.449 e. The number of cyclic esters (lactones) is 2. The number of benzene rings is 2. The maximum absolute atomic E-state index is 12.4. The molecule has 1 heterocycles. The Morgan fingerprint density at radius 3 is 2.32 bits per heavy atom. The summed E-state index contributed by atoms with van der Waals surface area (Å²) in [5, 5.41) is 2.99. The highest BCUT2D eigenvalue weighted by Gasteiger charge is 2.50. The van der Waals surface area contributed by atoms with Gasteiger partial charge in [0.15, 0.2) is 6.10 Å². The van der Waals surface area contributed by atoms with E-state index in [9.17, 15) is 9.59 Å². The van der Waals surface area contributed by atoms with Crippen LogP contribution >= 0.6 is 0 Å². The summed E-state index contributed by atoms with van der Waals surface area (Å²) >= 11 is 0. The summed E-state index contributed by atoms with van der Waals surface area (Å²) in [6.45, 7) is 0.354. The van der Waals surface area contributed by atoms with Crippen LogP contribution in [-0.4, -0.2) is 31.1 Å². The molecule has 0 aromatic heterocycles. The van der Waals surface area contributed by atoms with E-state index in [0.717, 1.165) is 12.2 Å². The smallest absolute Gasteiger partial charge is 0.334 e. The second-order valence-electron chi connectivity index (χ2n) is 5.96. The van der Waals surface area contributed by atoms with Gasteiger partial charge in [0.05, 0.1) is 6.54 Å². The number of terminal acetylenes is 1. The lowest BCUT2D eigenvalue weighted by Gasteiger charge is -2.39. The van der Waals surface area contributed by atoms with Gasteiger partial charge in [-0.2, -0.15) is 0 Å². The number of hydrogen-bond donors (Lipinski definition) is 1. The zero-order valence-corrected chi connectivity index (χ0v) is 15.0. The maximum atomic E-state index is 12.4. The Morgan fingerprint density at radius 1 is 1.00 bits per heavy atom. The van der Waals surface area contributed by atoms with E-state index in [4.69, 9.17) is 20.6 Å².